The van der Waals surface area contributed by atoms with Crippen molar-refractivity contribution < 1.29 is 0 Å². The standard InChI is InChI=1S/C27H38/c1-3-7-23-14-18-26(19-15-23)27-20-16-25(17-21-27)9-6-5-8-24-12-10-22(4-2)11-13-24/h6,9-13,23,25-27H,3-4,7,14-21H2,1-2H3. The molecule has 3 rings (SSSR count). The lowest BCUT2D eigenvalue weighted by atomic mass is 9.69. The van der Waals surface area contributed by atoms with Crippen LogP contribution in [0.15, 0.2) is 36.4 Å². The van der Waals surface area contributed by atoms with Crippen molar-refractivity contribution in [3.05, 3.63) is 47.5 Å². The minimum atomic E-state index is 0.759. The third kappa shape index (κ3) is 6.27. The Kier molecular flexibility index (Phi) is 8.07. The lowest BCUT2D eigenvalue weighted by Gasteiger charge is -2.37. The van der Waals surface area contributed by atoms with Gasteiger partial charge < -0.3 is 0 Å². The van der Waals surface area contributed by atoms with Crippen LogP contribution in [0.2, 0.25) is 0 Å². The van der Waals surface area contributed by atoms with E-state index in [4.69, 9.17) is 0 Å². The summed E-state index contributed by atoms with van der Waals surface area (Å²) < 4.78 is 0. The summed E-state index contributed by atoms with van der Waals surface area (Å²) >= 11 is 0. The third-order valence-electron chi connectivity index (χ3n) is 7.10. The van der Waals surface area contributed by atoms with Crippen molar-refractivity contribution >= 4 is 0 Å². The molecule has 0 aromatic heterocycles. The van der Waals surface area contributed by atoms with Crippen molar-refractivity contribution in [1.29, 1.82) is 0 Å². The molecule has 0 bridgehead atoms. The van der Waals surface area contributed by atoms with E-state index in [1.807, 2.05) is 0 Å². The highest BCUT2D eigenvalue weighted by atomic mass is 14.3. The van der Waals surface area contributed by atoms with Gasteiger partial charge in [0.2, 0.25) is 0 Å². The monoisotopic (exact) mass is 362 g/mol. The van der Waals surface area contributed by atoms with Crippen molar-refractivity contribution in [3.63, 3.8) is 0 Å². The molecule has 0 saturated heterocycles. The van der Waals surface area contributed by atoms with Gasteiger partial charge in [-0.25, -0.2) is 0 Å². The van der Waals surface area contributed by atoms with Crippen LogP contribution >= 0.6 is 0 Å². The molecule has 0 unspecified atom stereocenters. The molecule has 2 saturated carbocycles. The first-order chi connectivity index (χ1) is 13.3. The maximum absolute atomic E-state index is 3.27. The Morgan fingerprint density at radius 2 is 1.48 bits per heavy atom. The number of benzene rings is 1. The van der Waals surface area contributed by atoms with Gasteiger partial charge in [-0.1, -0.05) is 69.6 Å². The van der Waals surface area contributed by atoms with Crippen LogP contribution in [-0.4, -0.2) is 0 Å². The van der Waals surface area contributed by atoms with Crippen molar-refractivity contribution in [3.8, 4) is 11.8 Å². The summed E-state index contributed by atoms with van der Waals surface area (Å²) in [5.74, 6) is 10.4. The summed E-state index contributed by atoms with van der Waals surface area (Å²) in [7, 11) is 0. The quantitative estimate of drug-likeness (QED) is 0.474. The summed E-state index contributed by atoms with van der Waals surface area (Å²) in [6, 6.07) is 8.65. The second-order valence-electron chi connectivity index (χ2n) is 8.92. The van der Waals surface area contributed by atoms with Gasteiger partial charge in [0.1, 0.15) is 0 Å². The Balaban J connectivity index is 1.39. The molecule has 27 heavy (non-hydrogen) atoms. The Morgan fingerprint density at radius 3 is 2.07 bits per heavy atom. The van der Waals surface area contributed by atoms with Gasteiger partial charge in [-0.2, -0.15) is 0 Å². The molecule has 1 aromatic carbocycles. The van der Waals surface area contributed by atoms with Crippen LogP contribution in [0.4, 0.5) is 0 Å². The van der Waals surface area contributed by atoms with Gasteiger partial charge in [0, 0.05) is 5.56 Å². The average molecular weight is 363 g/mol. The molecule has 0 atom stereocenters. The van der Waals surface area contributed by atoms with Gasteiger partial charge in [-0.3, -0.25) is 0 Å². The van der Waals surface area contributed by atoms with Crippen LogP contribution in [0.3, 0.4) is 0 Å². The highest BCUT2D eigenvalue weighted by molar-refractivity contribution is 5.38. The first kappa shape index (κ1) is 20.3. The van der Waals surface area contributed by atoms with Crippen LogP contribution in [0.1, 0.15) is 89.2 Å². The Morgan fingerprint density at radius 1 is 0.852 bits per heavy atom. The molecule has 146 valence electrons. The van der Waals surface area contributed by atoms with E-state index >= 15 is 0 Å². The van der Waals surface area contributed by atoms with E-state index in [0.717, 1.165) is 35.7 Å². The van der Waals surface area contributed by atoms with E-state index in [9.17, 15) is 0 Å². The fraction of sp³-hybridized carbons (Fsp3) is 0.630. The fourth-order valence-corrected chi connectivity index (χ4v) is 5.30. The topological polar surface area (TPSA) is 0 Å². The lowest BCUT2D eigenvalue weighted by Crippen LogP contribution is -2.25. The fourth-order valence-electron chi connectivity index (χ4n) is 5.30. The zero-order valence-corrected chi connectivity index (χ0v) is 17.6. The number of hydrogen-bond acceptors (Lipinski definition) is 0. The number of aryl methyl sites for hydroxylation is 1. The predicted molar refractivity (Wildman–Crippen MR) is 118 cm³/mol. The number of rotatable bonds is 5. The van der Waals surface area contributed by atoms with Crippen molar-refractivity contribution in [1.82, 2.24) is 0 Å². The molecule has 0 heterocycles. The molecule has 0 nitrogen and oxygen atoms in total. The van der Waals surface area contributed by atoms with E-state index in [2.05, 4.69) is 62.1 Å². The van der Waals surface area contributed by atoms with Gasteiger partial charge >= 0.3 is 0 Å². The average Bonchev–Trinajstić information content (AvgIpc) is 2.73. The molecule has 2 fully saturated rings. The molecule has 2 aliphatic rings. The molecule has 2 aliphatic carbocycles. The second-order valence-corrected chi connectivity index (χ2v) is 8.92. The molecule has 0 aliphatic heterocycles. The summed E-state index contributed by atoms with van der Waals surface area (Å²) in [5, 5.41) is 0. The maximum Gasteiger partial charge on any atom is 0.0249 e. The van der Waals surface area contributed by atoms with E-state index in [-0.39, 0.29) is 0 Å². The first-order valence-corrected chi connectivity index (χ1v) is 11.6. The van der Waals surface area contributed by atoms with Gasteiger partial charge in [0.25, 0.3) is 0 Å². The summed E-state index contributed by atoms with van der Waals surface area (Å²) in [6.45, 7) is 4.53. The zero-order chi connectivity index (χ0) is 18.9. The second kappa shape index (κ2) is 10.8. The van der Waals surface area contributed by atoms with Gasteiger partial charge in [-0.05, 0) is 92.4 Å². The normalized spacial score (nSPS) is 28.7. The van der Waals surface area contributed by atoms with Crippen LogP contribution < -0.4 is 0 Å². The Hall–Kier alpha value is -1.48. The Labute approximate surface area is 167 Å². The van der Waals surface area contributed by atoms with Crippen molar-refractivity contribution in [2.24, 2.45) is 23.7 Å². The van der Waals surface area contributed by atoms with Crippen LogP contribution in [0, 0.1) is 35.5 Å². The molecule has 0 heteroatoms. The zero-order valence-electron chi connectivity index (χ0n) is 17.6. The predicted octanol–water partition coefficient (Wildman–Crippen LogP) is 7.57. The molecular weight excluding hydrogens is 324 g/mol. The summed E-state index contributed by atoms with van der Waals surface area (Å²) in [4.78, 5) is 0. The van der Waals surface area contributed by atoms with Gasteiger partial charge in [0.05, 0.1) is 0 Å². The van der Waals surface area contributed by atoms with Gasteiger partial charge in [0.15, 0.2) is 0 Å². The van der Waals surface area contributed by atoms with Crippen LogP contribution in [0.5, 0.6) is 0 Å². The van der Waals surface area contributed by atoms with E-state index in [0.29, 0.717) is 0 Å². The van der Waals surface area contributed by atoms with Gasteiger partial charge in [-0.15, -0.1) is 0 Å². The highest BCUT2D eigenvalue weighted by Gasteiger charge is 2.29. The minimum Gasteiger partial charge on any atom is -0.0730 e. The summed E-state index contributed by atoms with van der Waals surface area (Å²) in [5.41, 5.74) is 2.51. The largest absolute Gasteiger partial charge is 0.0730 e. The highest BCUT2D eigenvalue weighted by Crippen LogP contribution is 2.42. The number of hydrogen-bond donors (Lipinski definition) is 0. The maximum atomic E-state index is 3.27. The van der Waals surface area contributed by atoms with E-state index in [1.54, 1.807) is 0 Å². The summed E-state index contributed by atoms with van der Waals surface area (Å²) in [6.07, 6.45) is 20.1. The molecular formula is C27H38. The van der Waals surface area contributed by atoms with Crippen molar-refractivity contribution in [2.75, 3.05) is 0 Å². The third-order valence-corrected chi connectivity index (χ3v) is 7.10. The first-order valence-electron chi connectivity index (χ1n) is 11.6. The molecule has 0 N–H and O–H groups in total. The van der Waals surface area contributed by atoms with Crippen LogP contribution in [0.25, 0.3) is 0 Å². The van der Waals surface area contributed by atoms with E-state index in [1.165, 1.54) is 69.8 Å². The smallest absolute Gasteiger partial charge is 0.0249 e. The van der Waals surface area contributed by atoms with E-state index < -0.39 is 0 Å². The number of allylic oxidation sites excluding steroid dienone is 2. The van der Waals surface area contributed by atoms with Crippen LogP contribution in [-0.2, 0) is 6.42 Å². The SMILES string of the molecule is CCCC1CCC(C2CCC(C=CC#Cc3ccc(CC)cc3)CC2)CC1. The molecule has 0 spiro atoms. The molecule has 0 amide bonds. The van der Waals surface area contributed by atoms with Crippen molar-refractivity contribution in [2.45, 2.75) is 84.5 Å². The molecule has 1 aromatic rings. The molecule has 0 radical (unpaired) electrons. The minimum absolute atomic E-state index is 0.759. The Bertz CT molecular complexity index is 623. The lowest BCUT2D eigenvalue weighted by molar-refractivity contribution is 0.152.